The number of nitrogens with zero attached hydrogens (tertiary/aromatic N) is 3. The van der Waals surface area contributed by atoms with Crippen LogP contribution >= 0.6 is 11.3 Å². The van der Waals surface area contributed by atoms with E-state index in [-0.39, 0.29) is 11.9 Å². The Bertz CT molecular complexity index is 938. The first kappa shape index (κ1) is 17.7. The molecule has 5 nitrogen and oxygen atoms in total. The van der Waals surface area contributed by atoms with Crippen molar-refractivity contribution in [3.05, 3.63) is 53.2 Å². The van der Waals surface area contributed by atoms with Crippen molar-refractivity contribution in [3.8, 4) is 0 Å². The lowest BCUT2D eigenvalue weighted by atomic mass is 10.2. The molecule has 1 amide bonds. The molecule has 9 heteroatoms. The zero-order valence-corrected chi connectivity index (χ0v) is 14.8. The van der Waals surface area contributed by atoms with Crippen molar-refractivity contribution in [2.24, 2.45) is 0 Å². The standard InChI is InChI=1S/C18H15F3N4OS/c19-18(20,21)11-5-6-15(22-9-11)25-8-7-12(10-25)23-16(26)17-24-13-3-1-2-4-14(13)27-17/h1-6,9,12H,7-8,10H2,(H,23,26). The number of anilines is 1. The maximum atomic E-state index is 12.6. The van der Waals surface area contributed by atoms with Crippen molar-refractivity contribution in [2.75, 3.05) is 18.0 Å². The van der Waals surface area contributed by atoms with Gasteiger partial charge in [-0.1, -0.05) is 12.1 Å². The third-order valence-electron chi connectivity index (χ3n) is 4.41. The van der Waals surface area contributed by atoms with Gasteiger partial charge in [0.05, 0.1) is 15.8 Å². The summed E-state index contributed by atoms with van der Waals surface area (Å²) in [4.78, 5) is 22.6. The Morgan fingerprint density at radius 2 is 2.04 bits per heavy atom. The number of thiazole rings is 1. The Kier molecular flexibility index (Phi) is 4.47. The van der Waals surface area contributed by atoms with E-state index in [4.69, 9.17) is 0 Å². The van der Waals surface area contributed by atoms with Gasteiger partial charge < -0.3 is 10.2 Å². The maximum absolute atomic E-state index is 12.6. The number of hydrogen-bond donors (Lipinski definition) is 1. The number of rotatable bonds is 3. The molecule has 0 bridgehead atoms. The van der Waals surface area contributed by atoms with Crippen LogP contribution < -0.4 is 10.2 Å². The summed E-state index contributed by atoms with van der Waals surface area (Å²) in [7, 11) is 0. The van der Waals surface area contributed by atoms with Crippen molar-refractivity contribution in [1.82, 2.24) is 15.3 Å². The molecular weight excluding hydrogens is 377 g/mol. The summed E-state index contributed by atoms with van der Waals surface area (Å²) >= 11 is 1.33. The molecule has 3 heterocycles. The fourth-order valence-corrected chi connectivity index (χ4v) is 3.91. The third-order valence-corrected chi connectivity index (χ3v) is 5.45. The topological polar surface area (TPSA) is 58.1 Å². The monoisotopic (exact) mass is 392 g/mol. The number of benzene rings is 1. The molecule has 3 aromatic rings. The molecule has 0 saturated carbocycles. The predicted octanol–water partition coefficient (Wildman–Crippen LogP) is 3.72. The molecule has 1 unspecified atom stereocenters. The molecule has 0 aliphatic carbocycles. The summed E-state index contributed by atoms with van der Waals surface area (Å²) in [5.74, 6) is 0.239. The van der Waals surface area contributed by atoms with Crippen LogP contribution in [0, 0.1) is 0 Å². The molecule has 1 fully saturated rings. The van der Waals surface area contributed by atoms with Crippen LogP contribution in [0.4, 0.5) is 19.0 Å². The second kappa shape index (κ2) is 6.80. The van der Waals surface area contributed by atoms with Crippen LogP contribution in [-0.2, 0) is 6.18 Å². The first-order valence-electron chi connectivity index (χ1n) is 8.35. The van der Waals surface area contributed by atoms with Crippen molar-refractivity contribution in [3.63, 3.8) is 0 Å². The van der Waals surface area contributed by atoms with Crippen LogP contribution in [0.1, 0.15) is 21.8 Å². The highest BCUT2D eigenvalue weighted by molar-refractivity contribution is 7.20. The van der Waals surface area contributed by atoms with Crippen molar-refractivity contribution in [1.29, 1.82) is 0 Å². The fraction of sp³-hybridized carbons (Fsp3) is 0.278. The van der Waals surface area contributed by atoms with Crippen molar-refractivity contribution >= 4 is 33.3 Å². The zero-order valence-electron chi connectivity index (χ0n) is 14.0. The highest BCUT2D eigenvalue weighted by atomic mass is 32.1. The Morgan fingerprint density at radius 1 is 1.22 bits per heavy atom. The molecule has 1 aliphatic rings. The minimum absolute atomic E-state index is 0.103. The van der Waals surface area contributed by atoms with Gasteiger partial charge in [0.15, 0.2) is 5.01 Å². The number of halogens is 3. The molecule has 1 aliphatic heterocycles. The van der Waals surface area contributed by atoms with E-state index in [1.54, 1.807) is 0 Å². The van der Waals surface area contributed by atoms with Crippen molar-refractivity contribution in [2.45, 2.75) is 18.6 Å². The lowest BCUT2D eigenvalue weighted by Crippen LogP contribution is -2.37. The number of aromatic nitrogens is 2. The van der Waals surface area contributed by atoms with E-state index in [0.717, 1.165) is 22.5 Å². The van der Waals surface area contributed by atoms with Gasteiger partial charge in [0, 0.05) is 25.3 Å². The highest BCUT2D eigenvalue weighted by Gasteiger charge is 2.31. The molecule has 0 spiro atoms. The van der Waals surface area contributed by atoms with E-state index in [2.05, 4.69) is 15.3 Å². The molecule has 1 atom stereocenters. The normalized spacial score (nSPS) is 17.4. The number of carbonyl (C=O) groups is 1. The highest BCUT2D eigenvalue weighted by Crippen LogP contribution is 2.30. The summed E-state index contributed by atoms with van der Waals surface area (Å²) in [5, 5.41) is 3.36. The van der Waals surface area contributed by atoms with Crippen LogP contribution in [-0.4, -0.2) is 35.0 Å². The number of fused-ring (bicyclic) bond motifs is 1. The van der Waals surface area contributed by atoms with E-state index in [0.29, 0.717) is 30.3 Å². The van der Waals surface area contributed by atoms with Gasteiger partial charge in [0.25, 0.3) is 5.91 Å². The summed E-state index contributed by atoms with van der Waals surface area (Å²) < 4.78 is 38.9. The molecular formula is C18H15F3N4OS. The van der Waals surface area contributed by atoms with E-state index >= 15 is 0 Å². The van der Waals surface area contributed by atoms with Crippen LogP contribution in [0.5, 0.6) is 0 Å². The lowest BCUT2D eigenvalue weighted by Gasteiger charge is -2.18. The molecule has 140 valence electrons. The SMILES string of the molecule is O=C(NC1CCN(c2ccc(C(F)(F)F)cn2)C1)c1nc2ccccc2s1. The smallest absolute Gasteiger partial charge is 0.354 e. The van der Waals surface area contributed by atoms with E-state index in [9.17, 15) is 18.0 Å². The minimum atomic E-state index is -4.40. The number of pyridine rings is 1. The maximum Gasteiger partial charge on any atom is 0.417 e. The van der Waals surface area contributed by atoms with Crippen LogP contribution in [0.15, 0.2) is 42.6 Å². The molecule has 4 rings (SSSR count). The fourth-order valence-electron chi connectivity index (χ4n) is 3.04. The van der Waals surface area contributed by atoms with Gasteiger partial charge >= 0.3 is 6.18 Å². The van der Waals surface area contributed by atoms with E-state index < -0.39 is 11.7 Å². The van der Waals surface area contributed by atoms with Gasteiger partial charge in [0.2, 0.25) is 0 Å². The second-order valence-corrected chi connectivity index (χ2v) is 7.33. The largest absolute Gasteiger partial charge is 0.417 e. The lowest BCUT2D eigenvalue weighted by molar-refractivity contribution is -0.137. The summed E-state index contributed by atoms with van der Waals surface area (Å²) in [6.45, 7) is 1.11. The van der Waals surface area contributed by atoms with Gasteiger partial charge in [-0.15, -0.1) is 11.3 Å². The number of carbonyl (C=O) groups excluding carboxylic acids is 1. The van der Waals surface area contributed by atoms with Crippen LogP contribution in [0.3, 0.4) is 0 Å². The number of para-hydroxylation sites is 1. The first-order chi connectivity index (χ1) is 12.9. The van der Waals surface area contributed by atoms with Gasteiger partial charge in [-0.05, 0) is 30.7 Å². The van der Waals surface area contributed by atoms with Gasteiger partial charge in [-0.25, -0.2) is 9.97 Å². The Labute approximate surface area is 156 Å². The summed E-state index contributed by atoms with van der Waals surface area (Å²) in [6.07, 6.45) is -2.87. The molecule has 0 radical (unpaired) electrons. The van der Waals surface area contributed by atoms with Gasteiger partial charge in [-0.2, -0.15) is 13.2 Å². The summed E-state index contributed by atoms with van der Waals surface area (Å²) in [5.41, 5.74) is 0.0146. The Hall–Kier alpha value is -2.68. The Morgan fingerprint density at radius 3 is 2.74 bits per heavy atom. The molecule has 2 aromatic heterocycles. The predicted molar refractivity (Wildman–Crippen MR) is 96.9 cm³/mol. The molecule has 1 aromatic carbocycles. The van der Waals surface area contributed by atoms with Crippen LogP contribution in [0.25, 0.3) is 10.2 Å². The van der Waals surface area contributed by atoms with Gasteiger partial charge in [-0.3, -0.25) is 4.79 Å². The van der Waals surface area contributed by atoms with Crippen LogP contribution in [0.2, 0.25) is 0 Å². The van der Waals surface area contributed by atoms with E-state index in [1.165, 1.54) is 17.4 Å². The Balaban J connectivity index is 1.40. The van der Waals surface area contributed by atoms with E-state index in [1.807, 2.05) is 29.2 Å². The molecule has 27 heavy (non-hydrogen) atoms. The summed E-state index contributed by atoms with van der Waals surface area (Å²) in [6, 6.07) is 9.82. The average Bonchev–Trinajstić information content (AvgIpc) is 3.28. The first-order valence-corrected chi connectivity index (χ1v) is 9.16. The molecule has 1 saturated heterocycles. The number of alkyl halides is 3. The average molecular weight is 392 g/mol. The number of nitrogens with one attached hydrogen (secondary N) is 1. The number of amides is 1. The third kappa shape index (κ3) is 3.73. The van der Waals surface area contributed by atoms with Gasteiger partial charge in [0.1, 0.15) is 5.82 Å². The van der Waals surface area contributed by atoms with Crippen molar-refractivity contribution < 1.29 is 18.0 Å². The second-order valence-electron chi connectivity index (χ2n) is 6.29. The minimum Gasteiger partial charge on any atom is -0.354 e. The quantitative estimate of drug-likeness (QED) is 0.738. The number of hydrogen-bond acceptors (Lipinski definition) is 5. The zero-order chi connectivity index (χ0) is 19.0. The molecule has 1 N–H and O–H groups in total.